The second-order valence-electron chi connectivity index (χ2n) is 7.67. The van der Waals surface area contributed by atoms with E-state index in [9.17, 15) is 19.2 Å². The lowest BCUT2D eigenvalue weighted by atomic mass is 10.2. The maximum Gasteiger partial charge on any atom is 0.345 e. The highest BCUT2D eigenvalue weighted by atomic mass is 16.2. The quantitative estimate of drug-likeness (QED) is 0.538. The number of rotatable bonds is 7. The molecule has 1 N–H and O–H groups in total. The summed E-state index contributed by atoms with van der Waals surface area (Å²) in [5.74, 6) is 0.502. The third-order valence-electron chi connectivity index (χ3n) is 5.65. The Kier molecular flexibility index (Phi) is 5.88. The molecule has 3 heterocycles. The monoisotopic (exact) mass is 426 g/mol. The first kappa shape index (κ1) is 20.8. The molecule has 0 aliphatic carbocycles. The number of hydrogen-bond donors (Lipinski definition) is 1. The molecule has 4 rings (SSSR count). The summed E-state index contributed by atoms with van der Waals surface area (Å²) >= 11 is 0. The summed E-state index contributed by atoms with van der Waals surface area (Å²) in [4.78, 5) is 50.0. The molecule has 0 saturated carbocycles. The molecule has 10 heteroatoms. The predicted octanol–water partition coefficient (Wildman–Crippen LogP) is 0.0841. The van der Waals surface area contributed by atoms with E-state index in [2.05, 4.69) is 10.4 Å². The normalized spacial score (nSPS) is 13.3. The summed E-state index contributed by atoms with van der Waals surface area (Å²) < 4.78 is 5.64. The van der Waals surface area contributed by atoms with Crippen molar-refractivity contribution < 1.29 is 4.79 Å². The molecule has 0 spiro atoms. The Morgan fingerprint density at radius 3 is 2.68 bits per heavy atom. The molecule has 1 amide bonds. The van der Waals surface area contributed by atoms with Crippen LogP contribution in [-0.4, -0.2) is 35.9 Å². The number of carbonyl (C=O) groups is 1. The molecule has 0 fully saturated rings. The van der Waals surface area contributed by atoms with Crippen LogP contribution < -0.4 is 22.3 Å². The molecule has 2 aromatic heterocycles. The zero-order chi connectivity index (χ0) is 22.0. The first-order chi connectivity index (χ1) is 15.0. The first-order valence-corrected chi connectivity index (χ1v) is 10.7. The summed E-state index contributed by atoms with van der Waals surface area (Å²) in [5, 5.41) is 7.58. The fraction of sp³-hybridized carbons (Fsp3) is 0.476. The third kappa shape index (κ3) is 3.97. The van der Waals surface area contributed by atoms with Crippen LogP contribution in [0, 0.1) is 0 Å². The highest BCUT2D eigenvalue weighted by Crippen LogP contribution is 2.09. The number of aromatic nitrogens is 5. The number of nitrogens with one attached hydrogen (secondary N) is 1. The number of para-hydroxylation sites is 1. The van der Waals surface area contributed by atoms with Crippen molar-refractivity contribution >= 4 is 16.8 Å². The highest BCUT2D eigenvalue weighted by Gasteiger charge is 2.17. The molecule has 10 nitrogen and oxygen atoms in total. The molecule has 0 unspecified atom stereocenters. The standard InChI is InChI=1S/C21H26N6O4/c1-2-24-19(29)15-8-3-4-9-16(15)26(20(24)30)14-18(28)22-11-7-13-27-21(31)25-12-6-5-10-17(25)23-27/h3-4,8-9H,2,5-7,10-14H2,1H3,(H,22,28). The Balaban J connectivity index is 1.41. The van der Waals surface area contributed by atoms with E-state index in [-0.39, 0.29) is 30.2 Å². The highest BCUT2D eigenvalue weighted by molar-refractivity contribution is 5.81. The van der Waals surface area contributed by atoms with Crippen molar-refractivity contribution in [1.82, 2.24) is 28.8 Å². The molecular formula is C21H26N6O4. The maximum absolute atomic E-state index is 12.7. The van der Waals surface area contributed by atoms with Crippen LogP contribution in [0.3, 0.4) is 0 Å². The molecule has 1 aromatic carbocycles. The minimum Gasteiger partial charge on any atom is -0.354 e. The summed E-state index contributed by atoms with van der Waals surface area (Å²) in [5.41, 5.74) is -0.516. The molecule has 0 atom stereocenters. The summed E-state index contributed by atoms with van der Waals surface area (Å²) in [6.07, 6.45) is 3.41. The van der Waals surface area contributed by atoms with Gasteiger partial charge in [-0.05, 0) is 38.3 Å². The van der Waals surface area contributed by atoms with Crippen molar-refractivity contribution in [3.8, 4) is 0 Å². The van der Waals surface area contributed by atoms with E-state index in [0.29, 0.717) is 37.0 Å². The smallest absolute Gasteiger partial charge is 0.345 e. The molecule has 0 bridgehead atoms. The van der Waals surface area contributed by atoms with Crippen LogP contribution in [0.1, 0.15) is 32.0 Å². The van der Waals surface area contributed by atoms with E-state index in [1.165, 1.54) is 9.25 Å². The predicted molar refractivity (Wildman–Crippen MR) is 115 cm³/mol. The van der Waals surface area contributed by atoms with Crippen LogP contribution in [0.4, 0.5) is 0 Å². The molecule has 1 aliphatic heterocycles. The van der Waals surface area contributed by atoms with Gasteiger partial charge in [0.25, 0.3) is 5.56 Å². The lowest BCUT2D eigenvalue weighted by molar-refractivity contribution is -0.121. The zero-order valence-electron chi connectivity index (χ0n) is 17.5. The van der Waals surface area contributed by atoms with Crippen molar-refractivity contribution in [3.05, 3.63) is 61.4 Å². The molecule has 0 saturated heterocycles. The lowest BCUT2D eigenvalue weighted by Gasteiger charge is -2.13. The van der Waals surface area contributed by atoms with Gasteiger partial charge in [0.15, 0.2) is 0 Å². The van der Waals surface area contributed by atoms with Gasteiger partial charge in [-0.1, -0.05) is 12.1 Å². The van der Waals surface area contributed by atoms with Crippen molar-refractivity contribution in [2.45, 2.75) is 58.8 Å². The van der Waals surface area contributed by atoms with Gasteiger partial charge in [-0.25, -0.2) is 14.3 Å². The van der Waals surface area contributed by atoms with E-state index in [1.807, 2.05) is 0 Å². The van der Waals surface area contributed by atoms with E-state index in [4.69, 9.17) is 0 Å². The molecule has 3 aromatic rings. The number of amides is 1. The Bertz CT molecular complexity index is 1300. The van der Waals surface area contributed by atoms with Crippen LogP contribution in [0.2, 0.25) is 0 Å². The minimum absolute atomic E-state index is 0.0964. The number of aryl methyl sites for hydroxylation is 2. The van der Waals surface area contributed by atoms with Gasteiger partial charge in [-0.15, -0.1) is 0 Å². The van der Waals surface area contributed by atoms with Gasteiger partial charge in [-0.2, -0.15) is 5.10 Å². The van der Waals surface area contributed by atoms with Crippen molar-refractivity contribution in [1.29, 1.82) is 0 Å². The fourth-order valence-electron chi connectivity index (χ4n) is 4.05. The second-order valence-corrected chi connectivity index (χ2v) is 7.67. The number of fused-ring (bicyclic) bond motifs is 2. The van der Waals surface area contributed by atoms with Gasteiger partial charge >= 0.3 is 11.4 Å². The summed E-state index contributed by atoms with van der Waals surface area (Å²) in [7, 11) is 0. The molecule has 31 heavy (non-hydrogen) atoms. The van der Waals surface area contributed by atoms with Crippen LogP contribution in [0.15, 0.2) is 38.6 Å². The third-order valence-corrected chi connectivity index (χ3v) is 5.65. The number of hydrogen-bond acceptors (Lipinski definition) is 5. The fourth-order valence-corrected chi connectivity index (χ4v) is 4.05. The molecule has 164 valence electrons. The van der Waals surface area contributed by atoms with Gasteiger partial charge in [0.05, 0.1) is 10.9 Å². The average molecular weight is 426 g/mol. The summed E-state index contributed by atoms with van der Waals surface area (Å²) in [6.45, 7) is 3.26. The van der Waals surface area contributed by atoms with Crippen molar-refractivity contribution in [2.24, 2.45) is 0 Å². The molecular weight excluding hydrogens is 400 g/mol. The van der Waals surface area contributed by atoms with Crippen LogP contribution in [-0.2, 0) is 37.4 Å². The second kappa shape index (κ2) is 8.75. The van der Waals surface area contributed by atoms with Gasteiger partial charge in [0.1, 0.15) is 12.4 Å². The Morgan fingerprint density at radius 2 is 1.90 bits per heavy atom. The van der Waals surface area contributed by atoms with E-state index >= 15 is 0 Å². The lowest BCUT2D eigenvalue weighted by Crippen LogP contribution is -2.42. The number of benzene rings is 1. The Hall–Kier alpha value is -3.43. The van der Waals surface area contributed by atoms with Gasteiger partial charge in [0.2, 0.25) is 5.91 Å². The first-order valence-electron chi connectivity index (χ1n) is 10.7. The summed E-state index contributed by atoms with van der Waals surface area (Å²) in [6, 6.07) is 6.78. The van der Waals surface area contributed by atoms with Crippen LogP contribution >= 0.6 is 0 Å². The van der Waals surface area contributed by atoms with E-state index in [0.717, 1.165) is 29.7 Å². The number of nitrogens with zero attached hydrogens (tertiary/aromatic N) is 5. The van der Waals surface area contributed by atoms with Gasteiger partial charge in [-0.3, -0.25) is 23.3 Å². The minimum atomic E-state index is -0.503. The van der Waals surface area contributed by atoms with Gasteiger partial charge in [0, 0.05) is 32.6 Å². The number of carbonyl (C=O) groups excluding carboxylic acids is 1. The SMILES string of the molecule is CCn1c(=O)c2ccccc2n(CC(=O)NCCCn2nc3n(c2=O)CCCC3)c1=O. The molecule has 0 radical (unpaired) electrons. The zero-order valence-corrected chi connectivity index (χ0v) is 17.5. The largest absolute Gasteiger partial charge is 0.354 e. The van der Waals surface area contributed by atoms with Gasteiger partial charge < -0.3 is 5.32 Å². The van der Waals surface area contributed by atoms with Crippen molar-refractivity contribution in [2.75, 3.05) is 6.54 Å². The van der Waals surface area contributed by atoms with E-state index in [1.54, 1.807) is 35.8 Å². The van der Waals surface area contributed by atoms with E-state index < -0.39 is 5.69 Å². The van der Waals surface area contributed by atoms with Crippen molar-refractivity contribution in [3.63, 3.8) is 0 Å². The maximum atomic E-state index is 12.7. The Morgan fingerprint density at radius 1 is 1.10 bits per heavy atom. The Labute approximate surface area is 177 Å². The van der Waals surface area contributed by atoms with Crippen LogP contribution in [0.25, 0.3) is 10.9 Å². The topological polar surface area (TPSA) is 113 Å². The average Bonchev–Trinajstić information content (AvgIpc) is 3.10. The molecule has 1 aliphatic rings. The van der Waals surface area contributed by atoms with Crippen LogP contribution in [0.5, 0.6) is 0 Å².